The highest BCUT2D eigenvalue weighted by Crippen LogP contribution is 2.28. The molecule has 2 saturated heterocycles. The standard InChI is InChI=1S/C12H22O11.C6H12O6/c13-1-3-5(15)6(16)9(19)12(22-3)23-10-4(2-14)21-11(20)8(18)7(10)17;7-1-3(9)5(11)6(12)4(10)2-8/h3-20H,1-2H2;1,3-6,8-12H,2H2/t3-,4-,5-,6+,7-,8-,9-,10-,11-,12+;3-,4-,5-,6-/m11/s1. The zero-order chi connectivity index (χ0) is 27.0. The summed E-state index contributed by atoms with van der Waals surface area (Å²) >= 11 is 0. The molecule has 0 spiro atoms. The third-order valence-corrected chi connectivity index (χ3v) is 5.40. The summed E-state index contributed by atoms with van der Waals surface area (Å²) in [7, 11) is 0. The molecule has 0 aliphatic carbocycles. The Morgan fingerprint density at radius 1 is 0.714 bits per heavy atom. The van der Waals surface area contributed by atoms with Gasteiger partial charge in [0.15, 0.2) is 18.9 Å². The second kappa shape index (κ2) is 14.7. The van der Waals surface area contributed by atoms with Gasteiger partial charge in [0.25, 0.3) is 0 Å². The number of aliphatic hydroxyl groups is 13. The summed E-state index contributed by atoms with van der Waals surface area (Å²) < 4.78 is 15.3. The molecule has 13 N–H and O–H groups in total. The highest BCUT2D eigenvalue weighted by Gasteiger charge is 2.50. The number of hydrogen-bond acceptors (Lipinski definition) is 17. The molecule has 0 aromatic heterocycles. The average molecular weight is 522 g/mol. The van der Waals surface area contributed by atoms with Gasteiger partial charge in [-0.15, -0.1) is 0 Å². The molecule has 0 saturated carbocycles. The van der Waals surface area contributed by atoms with Gasteiger partial charge in [0.2, 0.25) is 0 Å². The Bertz CT molecular complexity index is 608. The molecule has 17 nitrogen and oxygen atoms in total. The van der Waals surface area contributed by atoms with E-state index in [9.17, 15) is 40.5 Å². The van der Waals surface area contributed by atoms with Crippen molar-refractivity contribution in [2.45, 2.75) is 85.8 Å². The third kappa shape index (κ3) is 8.01. The molecule has 0 aromatic carbocycles. The summed E-state index contributed by atoms with van der Waals surface area (Å²) in [6, 6.07) is 0. The van der Waals surface area contributed by atoms with Crippen LogP contribution >= 0.6 is 0 Å². The number of carbonyl (C=O) groups excluding carboxylic acids is 1. The van der Waals surface area contributed by atoms with Crippen molar-refractivity contribution >= 4 is 6.29 Å². The first-order valence-electron chi connectivity index (χ1n) is 10.4. The Labute approximate surface area is 198 Å². The van der Waals surface area contributed by atoms with E-state index < -0.39 is 106 Å². The van der Waals surface area contributed by atoms with E-state index in [4.69, 9.17) is 44.8 Å². The first-order chi connectivity index (χ1) is 16.4. The maximum Gasteiger partial charge on any atom is 0.187 e. The fraction of sp³-hybridized carbons (Fsp3) is 0.944. The molecule has 2 aliphatic rings. The molecule has 0 amide bonds. The minimum atomic E-state index is -1.79. The van der Waals surface area contributed by atoms with Crippen molar-refractivity contribution in [3.8, 4) is 0 Å². The van der Waals surface area contributed by atoms with Crippen molar-refractivity contribution in [2.75, 3.05) is 19.8 Å². The third-order valence-electron chi connectivity index (χ3n) is 5.40. The van der Waals surface area contributed by atoms with Crippen LogP contribution in [0.5, 0.6) is 0 Å². The minimum Gasteiger partial charge on any atom is -0.394 e. The number of aldehydes is 1. The zero-order valence-electron chi connectivity index (χ0n) is 18.2. The van der Waals surface area contributed by atoms with Gasteiger partial charge in [0, 0.05) is 0 Å². The highest BCUT2D eigenvalue weighted by atomic mass is 16.7. The van der Waals surface area contributed by atoms with Crippen LogP contribution in [0.1, 0.15) is 0 Å². The molecular formula is C18H34O17. The first kappa shape index (κ1) is 32.1. The van der Waals surface area contributed by atoms with Crippen LogP contribution in [0.4, 0.5) is 0 Å². The Hall–Kier alpha value is -0.970. The van der Waals surface area contributed by atoms with E-state index in [2.05, 4.69) is 0 Å². The molecule has 2 fully saturated rings. The molecule has 2 heterocycles. The van der Waals surface area contributed by atoms with E-state index in [1.807, 2.05) is 0 Å². The highest BCUT2D eigenvalue weighted by molar-refractivity contribution is 5.56. The van der Waals surface area contributed by atoms with Gasteiger partial charge in [-0.2, -0.15) is 0 Å². The van der Waals surface area contributed by atoms with Crippen LogP contribution < -0.4 is 0 Å². The molecule has 0 bridgehead atoms. The number of hydrogen-bond donors (Lipinski definition) is 13. The van der Waals surface area contributed by atoms with E-state index in [1.165, 1.54) is 0 Å². The largest absolute Gasteiger partial charge is 0.394 e. The van der Waals surface area contributed by atoms with Gasteiger partial charge in [0.05, 0.1) is 19.8 Å². The number of carbonyl (C=O) groups is 1. The predicted molar refractivity (Wildman–Crippen MR) is 106 cm³/mol. The van der Waals surface area contributed by atoms with Gasteiger partial charge in [-0.25, -0.2) is 0 Å². The van der Waals surface area contributed by atoms with Crippen LogP contribution in [0.15, 0.2) is 0 Å². The Morgan fingerprint density at radius 2 is 1.29 bits per heavy atom. The number of aliphatic hydroxyl groups excluding tert-OH is 13. The van der Waals surface area contributed by atoms with Gasteiger partial charge >= 0.3 is 0 Å². The van der Waals surface area contributed by atoms with E-state index in [0.717, 1.165) is 0 Å². The normalized spacial score (nSPS) is 41.2. The lowest BCUT2D eigenvalue weighted by molar-refractivity contribution is -0.355. The quantitative estimate of drug-likeness (QED) is 0.125. The van der Waals surface area contributed by atoms with Crippen molar-refractivity contribution in [3.63, 3.8) is 0 Å². The van der Waals surface area contributed by atoms with E-state index in [1.54, 1.807) is 0 Å². The van der Waals surface area contributed by atoms with Crippen molar-refractivity contribution in [2.24, 2.45) is 0 Å². The topological polar surface area (TPSA) is 308 Å². The lowest BCUT2D eigenvalue weighted by atomic mass is 9.97. The molecular weight excluding hydrogens is 488 g/mol. The summed E-state index contributed by atoms with van der Waals surface area (Å²) in [6.45, 7) is -2.11. The van der Waals surface area contributed by atoms with Crippen LogP contribution in [-0.2, 0) is 19.0 Å². The maximum atomic E-state index is 9.94. The molecule has 0 radical (unpaired) electrons. The smallest absolute Gasteiger partial charge is 0.187 e. The van der Waals surface area contributed by atoms with E-state index >= 15 is 0 Å². The van der Waals surface area contributed by atoms with Gasteiger partial charge < -0.3 is 85.4 Å². The van der Waals surface area contributed by atoms with Gasteiger partial charge in [-0.3, -0.25) is 0 Å². The summed E-state index contributed by atoms with van der Waals surface area (Å²) in [5.41, 5.74) is 0. The summed E-state index contributed by atoms with van der Waals surface area (Å²) in [5, 5.41) is 120. The SMILES string of the molecule is O=C[C@@H](O)[C@@H](O)[C@H](O)[C@H](O)CO.OC[C@H]1O[C@@H](O[C@H]2[C@H](O)[C@@H](O)[C@H](O)O[C@@H]2CO)[C@H](O)[C@@H](O)[C@@H]1O. The van der Waals surface area contributed by atoms with Gasteiger partial charge in [0.1, 0.15) is 73.2 Å². The number of rotatable bonds is 9. The molecule has 0 unspecified atom stereocenters. The Kier molecular flexibility index (Phi) is 13.5. The van der Waals surface area contributed by atoms with Crippen molar-refractivity contribution in [1.82, 2.24) is 0 Å². The molecule has 2 aliphatic heterocycles. The van der Waals surface area contributed by atoms with Crippen molar-refractivity contribution in [3.05, 3.63) is 0 Å². The van der Waals surface area contributed by atoms with Crippen molar-refractivity contribution < 1.29 is 85.4 Å². The fourth-order valence-corrected chi connectivity index (χ4v) is 3.19. The van der Waals surface area contributed by atoms with Gasteiger partial charge in [-0.1, -0.05) is 0 Å². The second-order valence-corrected chi connectivity index (χ2v) is 7.88. The molecule has 208 valence electrons. The lowest BCUT2D eigenvalue weighted by Crippen LogP contribution is -2.64. The summed E-state index contributed by atoms with van der Waals surface area (Å²) in [4.78, 5) is 9.90. The van der Waals surface area contributed by atoms with Crippen LogP contribution in [0, 0.1) is 0 Å². The Balaban J connectivity index is 0.000000434. The maximum absolute atomic E-state index is 9.94. The predicted octanol–water partition coefficient (Wildman–Crippen LogP) is -8.78. The van der Waals surface area contributed by atoms with Crippen LogP contribution in [0.3, 0.4) is 0 Å². The molecule has 0 aromatic rings. The molecule has 17 heteroatoms. The second-order valence-electron chi connectivity index (χ2n) is 7.88. The van der Waals surface area contributed by atoms with Crippen LogP contribution in [0.2, 0.25) is 0 Å². The molecule has 2 rings (SSSR count). The monoisotopic (exact) mass is 522 g/mol. The van der Waals surface area contributed by atoms with Crippen LogP contribution in [0.25, 0.3) is 0 Å². The zero-order valence-corrected chi connectivity index (χ0v) is 18.2. The summed E-state index contributed by atoms with van der Waals surface area (Å²) in [5.74, 6) is 0. The van der Waals surface area contributed by atoms with E-state index in [-0.39, 0.29) is 6.29 Å². The molecule has 35 heavy (non-hydrogen) atoms. The Morgan fingerprint density at radius 3 is 1.77 bits per heavy atom. The van der Waals surface area contributed by atoms with Crippen LogP contribution in [-0.4, -0.2) is 178 Å². The minimum absolute atomic E-state index is 0.0258. The summed E-state index contributed by atoms with van der Waals surface area (Å²) in [6.07, 6.45) is -22.4. The van der Waals surface area contributed by atoms with Gasteiger partial charge in [-0.05, 0) is 0 Å². The number of ether oxygens (including phenoxy) is 3. The fourth-order valence-electron chi connectivity index (χ4n) is 3.19. The lowest BCUT2D eigenvalue weighted by Gasteiger charge is -2.45. The first-order valence-corrected chi connectivity index (χ1v) is 10.4. The average Bonchev–Trinajstić information content (AvgIpc) is 2.87. The van der Waals surface area contributed by atoms with Crippen molar-refractivity contribution in [1.29, 1.82) is 0 Å². The van der Waals surface area contributed by atoms with E-state index in [0.29, 0.717) is 0 Å². The molecule has 14 atom stereocenters.